The lowest BCUT2D eigenvalue weighted by Gasteiger charge is -2.26. The third-order valence-electron chi connectivity index (χ3n) is 4.61. The number of nitrogens with two attached hydrogens (primary N) is 1. The van der Waals surface area contributed by atoms with Gasteiger partial charge in [0.05, 0.1) is 19.8 Å². The highest BCUT2D eigenvalue weighted by Gasteiger charge is 2.27. The molecule has 1 heterocycles. The SMILES string of the molecule is CN(C(N)=NCc1ccccc1OCCN1CCOCC1)C1CC1.I. The Morgan fingerprint density at radius 2 is 2.04 bits per heavy atom. The molecule has 25 heavy (non-hydrogen) atoms. The second kappa shape index (κ2) is 10.2. The molecule has 0 bridgehead atoms. The van der Waals surface area contributed by atoms with Gasteiger partial charge >= 0.3 is 0 Å². The predicted octanol–water partition coefficient (Wildman–Crippen LogP) is 1.92. The molecule has 2 N–H and O–H groups in total. The Bertz CT molecular complexity index is 560. The molecule has 7 heteroatoms. The van der Waals surface area contributed by atoms with Crippen LogP contribution in [0.25, 0.3) is 0 Å². The average Bonchev–Trinajstić information content (AvgIpc) is 3.46. The first kappa shape index (κ1) is 20.3. The Morgan fingerprint density at radius 1 is 1.32 bits per heavy atom. The number of ether oxygens (including phenoxy) is 2. The lowest BCUT2D eigenvalue weighted by Crippen LogP contribution is -2.38. The second-order valence-corrected chi connectivity index (χ2v) is 6.43. The van der Waals surface area contributed by atoms with Crippen molar-refractivity contribution < 1.29 is 9.47 Å². The zero-order valence-corrected chi connectivity index (χ0v) is 17.2. The summed E-state index contributed by atoms with van der Waals surface area (Å²) in [5.74, 6) is 1.51. The van der Waals surface area contributed by atoms with Gasteiger partial charge in [-0.1, -0.05) is 18.2 Å². The Balaban J connectivity index is 0.00000225. The second-order valence-electron chi connectivity index (χ2n) is 6.43. The van der Waals surface area contributed by atoms with Crippen LogP contribution in [-0.2, 0) is 11.3 Å². The lowest BCUT2D eigenvalue weighted by molar-refractivity contribution is 0.0322. The maximum atomic E-state index is 6.07. The third kappa shape index (κ3) is 6.31. The van der Waals surface area contributed by atoms with Gasteiger partial charge in [0, 0.05) is 38.3 Å². The maximum Gasteiger partial charge on any atom is 0.191 e. The van der Waals surface area contributed by atoms with E-state index >= 15 is 0 Å². The average molecular weight is 460 g/mol. The summed E-state index contributed by atoms with van der Waals surface area (Å²) in [5, 5.41) is 0. The van der Waals surface area contributed by atoms with E-state index in [0.717, 1.165) is 44.2 Å². The summed E-state index contributed by atoms with van der Waals surface area (Å²) in [5.41, 5.74) is 7.15. The Morgan fingerprint density at radius 3 is 2.76 bits per heavy atom. The van der Waals surface area contributed by atoms with Gasteiger partial charge in [-0.15, -0.1) is 24.0 Å². The largest absolute Gasteiger partial charge is 0.492 e. The molecule has 0 amide bonds. The summed E-state index contributed by atoms with van der Waals surface area (Å²) in [4.78, 5) is 8.97. The van der Waals surface area contributed by atoms with Crippen LogP contribution in [0.5, 0.6) is 5.75 Å². The minimum absolute atomic E-state index is 0. The van der Waals surface area contributed by atoms with E-state index in [1.807, 2.05) is 25.2 Å². The zero-order valence-electron chi connectivity index (χ0n) is 14.9. The number of benzene rings is 1. The number of para-hydroxylation sites is 1. The number of rotatable bonds is 7. The topological polar surface area (TPSA) is 63.3 Å². The van der Waals surface area contributed by atoms with Crippen LogP contribution < -0.4 is 10.5 Å². The lowest BCUT2D eigenvalue weighted by atomic mass is 10.2. The van der Waals surface area contributed by atoms with Crippen molar-refractivity contribution >= 4 is 29.9 Å². The zero-order chi connectivity index (χ0) is 16.8. The van der Waals surface area contributed by atoms with Crippen molar-refractivity contribution in [1.82, 2.24) is 9.80 Å². The number of nitrogens with zero attached hydrogens (tertiary/aromatic N) is 3. The molecule has 0 unspecified atom stereocenters. The molecule has 1 saturated heterocycles. The molecular weight excluding hydrogens is 431 g/mol. The Labute approximate surface area is 167 Å². The van der Waals surface area contributed by atoms with Crippen LogP contribution in [-0.4, -0.2) is 68.3 Å². The molecule has 0 aromatic heterocycles. The van der Waals surface area contributed by atoms with Crippen molar-refractivity contribution in [1.29, 1.82) is 0 Å². The van der Waals surface area contributed by atoms with E-state index in [1.54, 1.807) is 0 Å². The predicted molar refractivity (Wildman–Crippen MR) is 111 cm³/mol. The molecule has 2 fully saturated rings. The van der Waals surface area contributed by atoms with Gasteiger partial charge in [0.15, 0.2) is 5.96 Å². The van der Waals surface area contributed by atoms with E-state index in [9.17, 15) is 0 Å². The van der Waals surface area contributed by atoms with Gasteiger partial charge in [-0.2, -0.15) is 0 Å². The van der Waals surface area contributed by atoms with Gasteiger partial charge in [0.25, 0.3) is 0 Å². The fourth-order valence-electron chi connectivity index (χ4n) is 2.81. The highest BCUT2D eigenvalue weighted by Crippen LogP contribution is 2.25. The minimum Gasteiger partial charge on any atom is -0.492 e. The van der Waals surface area contributed by atoms with Crippen molar-refractivity contribution in [2.45, 2.75) is 25.4 Å². The van der Waals surface area contributed by atoms with Crippen molar-refractivity contribution in [3.8, 4) is 5.75 Å². The number of guanidine groups is 1. The normalized spacial score (nSPS) is 18.5. The molecule has 0 atom stereocenters. The Kier molecular flexibility index (Phi) is 8.25. The van der Waals surface area contributed by atoms with Crippen LogP contribution in [0.15, 0.2) is 29.3 Å². The summed E-state index contributed by atoms with van der Waals surface area (Å²) in [6.45, 7) is 5.76. The molecule has 1 aromatic rings. The number of morpholine rings is 1. The molecule has 0 spiro atoms. The molecule has 1 saturated carbocycles. The molecule has 140 valence electrons. The van der Waals surface area contributed by atoms with E-state index in [0.29, 0.717) is 25.2 Å². The first-order valence-electron chi connectivity index (χ1n) is 8.77. The van der Waals surface area contributed by atoms with Gasteiger partial charge in [-0.3, -0.25) is 4.90 Å². The number of hydrogen-bond acceptors (Lipinski definition) is 4. The molecule has 1 aromatic carbocycles. The standard InChI is InChI=1S/C18H28N4O2.HI/c1-21(16-6-7-16)18(19)20-14-15-4-2-3-5-17(15)24-13-10-22-8-11-23-12-9-22;/h2-5,16H,6-14H2,1H3,(H2,19,20);1H. The van der Waals surface area contributed by atoms with Gasteiger partial charge in [-0.25, -0.2) is 4.99 Å². The first-order chi connectivity index (χ1) is 11.7. The van der Waals surface area contributed by atoms with Crippen LogP contribution in [0.1, 0.15) is 18.4 Å². The third-order valence-corrected chi connectivity index (χ3v) is 4.61. The van der Waals surface area contributed by atoms with Crippen LogP contribution in [0.3, 0.4) is 0 Å². The molecule has 6 nitrogen and oxygen atoms in total. The van der Waals surface area contributed by atoms with E-state index in [1.165, 1.54) is 12.8 Å². The highest BCUT2D eigenvalue weighted by molar-refractivity contribution is 14.0. The fraction of sp³-hybridized carbons (Fsp3) is 0.611. The van der Waals surface area contributed by atoms with Crippen molar-refractivity contribution in [2.24, 2.45) is 10.7 Å². The van der Waals surface area contributed by atoms with E-state index in [-0.39, 0.29) is 24.0 Å². The summed E-state index contributed by atoms with van der Waals surface area (Å²) in [6.07, 6.45) is 2.43. The summed E-state index contributed by atoms with van der Waals surface area (Å²) in [7, 11) is 2.02. The molecule has 3 rings (SSSR count). The van der Waals surface area contributed by atoms with Crippen LogP contribution in [0, 0.1) is 0 Å². The van der Waals surface area contributed by atoms with Crippen LogP contribution >= 0.6 is 24.0 Å². The number of hydrogen-bond donors (Lipinski definition) is 1. The highest BCUT2D eigenvalue weighted by atomic mass is 127. The van der Waals surface area contributed by atoms with Gasteiger partial charge in [-0.05, 0) is 18.9 Å². The van der Waals surface area contributed by atoms with Gasteiger partial charge < -0.3 is 20.1 Å². The molecule has 1 aliphatic carbocycles. The van der Waals surface area contributed by atoms with Crippen molar-refractivity contribution in [3.63, 3.8) is 0 Å². The summed E-state index contributed by atoms with van der Waals surface area (Å²) < 4.78 is 11.4. The number of aliphatic imine (C=N–C) groups is 1. The molecule has 0 radical (unpaired) electrons. The Hall–Kier alpha value is -1.06. The van der Waals surface area contributed by atoms with E-state index in [4.69, 9.17) is 15.2 Å². The fourth-order valence-corrected chi connectivity index (χ4v) is 2.81. The quantitative estimate of drug-likeness (QED) is 0.383. The van der Waals surface area contributed by atoms with Crippen molar-refractivity contribution in [2.75, 3.05) is 46.5 Å². The minimum atomic E-state index is 0. The summed E-state index contributed by atoms with van der Waals surface area (Å²) in [6, 6.07) is 8.65. The van der Waals surface area contributed by atoms with Gasteiger partial charge in [0.1, 0.15) is 12.4 Å². The molecule has 1 aliphatic heterocycles. The monoisotopic (exact) mass is 460 g/mol. The molecule has 2 aliphatic rings. The first-order valence-corrected chi connectivity index (χ1v) is 8.77. The maximum absolute atomic E-state index is 6.07. The number of halogens is 1. The van der Waals surface area contributed by atoms with Crippen LogP contribution in [0.4, 0.5) is 0 Å². The van der Waals surface area contributed by atoms with Crippen molar-refractivity contribution in [3.05, 3.63) is 29.8 Å². The van der Waals surface area contributed by atoms with E-state index < -0.39 is 0 Å². The summed E-state index contributed by atoms with van der Waals surface area (Å²) >= 11 is 0. The van der Waals surface area contributed by atoms with E-state index in [2.05, 4.69) is 20.9 Å². The van der Waals surface area contributed by atoms with Gasteiger partial charge in [0.2, 0.25) is 0 Å². The van der Waals surface area contributed by atoms with Crippen LogP contribution in [0.2, 0.25) is 0 Å². The molecular formula is C18H29IN4O2. The smallest absolute Gasteiger partial charge is 0.191 e.